The minimum absolute atomic E-state index is 0.285. The van der Waals surface area contributed by atoms with Crippen molar-refractivity contribution < 1.29 is 47.8 Å². The molecule has 10 nitrogen and oxygen atoms in total. The molecule has 0 saturated carbocycles. The van der Waals surface area contributed by atoms with E-state index in [2.05, 4.69) is 13.2 Å². The zero-order valence-electron chi connectivity index (χ0n) is 29.1. The predicted molar refractivity (Wildman–Crippen MR) is 195 cm³/mol. The standard InChI is InChI=1S/C42H44O10/c1-3-27-49-50-31-14-13-29-47-37-25-21-35(22-26-37)42(45)52-40(33-17-9-6-10-18-33)39(32-15-7-5-8-16-32)51-41(44)34-19-23-36(24-20-34)46-28-11-12-30-48-38(43)4-2/h3-10,15-26,39-40H,1-2,11-14,27-31H2/t39-,40-/m0/s1. The van der Waals surface area contributed by atoms with E-state index in [4.69, 9.17) is 33.5 Å². The second-order valence-corrected chi connectivity index (χ2v) is 11.4. The quantitative estimate of drug-likeness (QED) is 0.0142. The van der Waals surface area contributed by atoms with Gasteiger partial charge in [-0.15, -0.1) is 6.58 Å². The minimum atomic E-state index is -0.972. The fourth-order valence-corrected chi connectivity index (χ4v) is 4.87. The van der Waals surface area contributed by atoms with Crippen LogP contribution in [0.4, 0.5) is 0 Å². The van der Waals surface area contributed by atoms with Crippen LogP contribution in [0.2, 0.25) is 0 Å². The van der Waals surface area contributed by atoms with Crippen LogP contribution in [0.1, 0.15) is 69.7 Å². The number of carbonyl (C=O) groups is 3. The largest absolute Gasteiger partial charge is 0.494 e. The molecular formula is C42H44O10. The molecule has 0 aromatic heterocycles. The smallest absolute Gasteiger partial charge is 0.338 e. The number of hydrogen-bond donors (Lipinski definition) is 0. The van der Waals surface area contributed by atoms with Gasteiger partial charge < -0.3 is 23.7 Å². The van der Waals surface area contributed by atoms with Crippen molar-refractivity contribution in [2.75, 3.05) is 33.0 Å². The number of ether oxygens (including phenoxy) is 5. The number of benzene rings is 4. The van der Waals surface area contributed by atoms with Gasteiger partial charge in [0.1, 0.15) is 18.1 Å². The molecule has 52 heavy (non-hydrogen) atoms. The molecule has 10 heteroatoms. The number of esters is 3. The van der Waals surface area contributed by atoms with Gasteiger partial charge in [-0.05, 0) is 85.3 Å². The molecule has 4 aromatic carbocycles. The molecule has 0 bridgehead atoms. The third-order valence-corrected chi connectivity index (χ3v) is 7.56. The Bertz CT molecular complexity index is 1670. The summed E-state index contributed by atoms with van der Waals surface area (Å²) in [5.74, 6) is -0.457. The van der Waals surface area contributed by atoms with E-state index in [0.29, 0.717) is 73.0 Å². The van der Waals surface area contributed by atoms with Crippen LogP contribution in [0, 0.1) is 0 Å². The van der Waals surface area contributed by atoms with E-state index in [0.717, 1.165) is 18.9 Å². The van der Waals surface area contributed by atoms with Crippen molar-refractivity contribution in [1.29, 1.82) is 0 Å². The Hall–Kier alpha value is -5.71. The van der Waals surface area contributed by atoms with E-state index in [1.54, 1.807) is 54.6 Å². The molecule has 0 aliphatic heterocycles. The van der Waals surface area contributed by atoms with Gasteiger partial charge in [0.25, 0.3) is 0 Å². The zero-order chi connectivity index (χ0) is 36.8. The van der Waals surface area contributed by atoms with Crippen LogP contribution >= 0.6 is 0 Å². The summed E-state index contributed by atoms with van der Waals surface area (Å²) in [5, 5.41) is 0. The van der Waals surface area contributed by atoms with Crippen LogP contribution in [0.25, 0.3) is 0 Å². The minimum Gasteiger partial charge on any atom is -0.494 e. The molecule has 0 amide bonds. The first-order chi connectivity index (χ1) is 25.5. The molecule has 0 unspecified atom stereocenters. The Morgan fingerprint density at radius 1 is 0.538 bits per heavy atom. The van der Waals surface area contributed by atoms with Crippen molar-refractivity contribution in [3.05, 3.63) is 157 Å². The third kappa shape index (κ3) is 13.2. The van der Waals surface area contributed by atoms with Gasteiger partial charge in [-0.25, -0.2) is 24.2 Å². The van der Waals surface area contributed by atoms with Gasteiger partial charge in [0.05, 0.1) is 37.6 Å². The maximum absolute atomic E-state index is 13.6. The fraction of sp³-hybridized carbons (Fsp3) is 0.262. The molecule has 272 valence electrons. The highest BCUT2D eigenvalue weighted by molar-refractivity contribution is 5.90. The van der Waals surface area contributed by atoms with Gasteiger partial charge in [0, 0.05) is 6.08 Å². The molecule has 4 aromatic rings. The fourth-order valence-electron chi connectivity index (χ4n) is 4.87. The highest BCUT2D eigenvalue weighted by atomic mass is 17.2. The average Bonchev–Trinajstić information content (AvgIpc) is 3.19. The Kier molecular flexibility index (Phi) is 16.7. The SMILES string of the molecule is C=CCOOCCCCOc1ccc(C(=O)O[C@@H](c2ccccc2)[C@@H](OC(=O)c2ccc(OCCCCOC(=O)C=C)cc2)c2ccccc2)cc1. The van der Waals surface area contributed by atoms with Crippen molar-refractivity contribution >= 4 is 17.9 Å². The summed E-state index contributed by atoms with van der Waals surface area (Å²) in [6.45, 7) is 8.89. The predicted octanol–water partition coefficient (Wildman–Crippen LogP) is 8.36. The summed E-state index contributed by atoms with van der Waals surface area (Å²) >= 11 is 0. The van der Waals surface area contributed by atoms with E-state index in [1.165, 1.54) is 0 Å². The highest BCUT2D eigenvalue weighted by Gasteiger charge is 2.32. The number of carbonyl (C=O) groups excluding carboxylic acids is 3. The molecule has 4 rings (SSSR count). The van der Waals surface area contributed by atoms with Crippen molar-refractivity contribution in [1.82, 2.24) is 0 Å². The van der Waals surface area contributed by atoms with E-state index in [1.807, 2.05) is 60.7 Å². The molecular weight excluding hydrogens is 664 g/mol. The number of hydrogen-bond acceptors (Lipinski definition) is 10. The Morgan fingerprint density at radius 2 is 0.981 bits per heavy atom. The van der Waals surface area contributed by atoms with Crippen molar-refractivity contribution in [2.45, 2.75) is 37.9 Å². The molecule has 0 aliphatic rings. The van der Waals surface area contributed by atoms with Crippen LogP contribution < -0.4 is 9.47 Å². The lowest BCUT2D eigenvalue weighted by Crippen LogP contribution is -2.23. The first-order valence-corrected chi connectivity index (χ1v) is 17.1. The summed E-state index contributed by atoms with van der Waals surface area (Å²) < 4.78 is 28.8. The van der Waals surface area contributed by atoms with Crippen LogP contribution in [0.5, 0.6) is 11.5 Å². The maximum Gasteiger partial charge on any atom is 0.338 e. The maximum atomic E-state index is 13.6. The molecule has 2 atom stereocenters. The molecule has 0 heterocycles. The summed E-state index contributed by atoms with van der Waals surface area (Å²) in [6, 6.07) is 31.6. The summed E-state index contributed by atoms with van der Waals surface area (Å²) in [4.78, 5) is 48.3. The van der Waals surface area contributed by atoms with Crippen LogP contribution in [0.15, 0.2) is 135 Å². The lowest BCUT2D eigenvalue weighted by Gasteiger charge is -2.28. The van der Waals surface area contributed by atoms with E-state index in [9.17, 15) is 14.4 Å². The van der Waals surface area contributed by atoms with Crippen molar-refractivity contribution in [2.24, 2.45) is 0 Å². The topological polar surface area (TPSA) is 116 Å². The lowest BCUT2D eigenvalue weighted by molar-refractivity contribution is -0.286. The number of rotatable bonds is 23. The molecule has 0 aliphatic carbocycles. The summed E-state index contributed by atoms with van der Waals surface area (Å²) in [7, 11) is 0. The van der Waals surface area contributed by atoms with E-state index >= 15 is 0 Å². The first-order valence-electron chi connectivity index (χ1n) is 17.1. The van der Waals surface area contributed by atoms with E-state index in [-0.39, 0.29) is 6.61 Å². The zero-order valence-corrected chi connectivity index (χ0v) is 29.1. The van der Waals surface area contributed by atoms with Crippen molar-refractivity contribution in [3.8, 4) is 11.5 Å². The third-order valence-electron chi connectivity index (χ3n) is 7.56. The van der Waals surface area contributed by atoms with Gasteiger partial charge in [-0.1, -0.05) is 73.3 Å². The Morgan fingerprint density at radius 3 is 1.42 bits per heavy atom. The molecule has 0 spiro atoms. The second kappa shape index (κ2) is 22.2. The second-order valence-electron chi connectivity index (χ2n) is 11.4. The molecule has 0 radical (unpaired) electrons. The van der Waals surface area contributed by atoms with Crippen LogP contribution in [-0.2, 0) is 28.8 Å². The highest BCUT2D eigenvalue weighted by Crippen LogP contribution is 2.37. The average molecular weight is 709 g/mol. The Balaban J connectivity index is 1.41. The summed E-state index contributed by atoms with van der Waals surface area (Å²) in [5.41, 5.74) is 1.91. The monoisotopic (exact) mass is 708 g/mol. The van der Waals surface area contributed by atoms with Gasteiger partial charge >= 0.3 is 17.9 Å². The Labute approximate surface area is 304 Å². The van der Waals surface area contributed by atoms with Crippen molar-refractivity contribution in [3.63, 3.8) is 0 Å². The van der Waals surface area contributed by atoms with Crippen LogP contribution in [-0.4, -0.2) is 50.9 Å². The summed E-state index contributed by atoms with van der Waals surface area (Å²) in [6.07, 6.45) is 3.63. The molecule has 0 fully saturated rings. The molecule has 0 N–H and O–H groups in total. The van der Waals surface area contributed by atoms with Gasteiger partial charge in [0.15, 0.2) is 12.2 Å². The lowest BCUT2D eigenvalue weighted by atomic mass is 9.97. The van der Waals surface area contributed by atoms with E-state index < -0.39 is 30.1 Å². The molecule has 0 saturated heterocycles. The van der Waals surface area contributed by atoms with Gasteiger partial charge in [0.2, 0.25) is 0 Å². The first kappa shape index (κ1) is 39.1. The normalized spacial score (nSPS) is 11.8. The van der Waals surface area contributed by atoms with Gasteiger partial charge in [-0.3, -0.25) is 0 Å². The van der Waals surface area contributed by atoms with Gasteiger partial charge in [-0.2, -0.15) is 0 Å². The van der Waals surface area contributed by atoms with Crippen LogP contribution in [0.3, 0.4) is 0 Å². The number of unbranched alkanes of at least 4 members (excludes halogenated alkanes) is 2.